The summed E-state index contributed by atoms with van der Waals surface area (Å²) in [7, 11) is 0. The van der Waals surface area contributed by atoms with Crippen LogP contribution in [0.4, 0.5) is 0 Å². The van der Waals surface area contributed by atoms with Gasteiger partial charge in [0, 0.05) is 15.9 Å². The van der Waals surface area contributed by atoms with Crippen LogP contribution >= 0.6 is 15.9 Å². The standard InChI is InChI=1S/C18H26BrNO/c1-17(2,3)11-18(4,5)20-16(21)14-8-12-6-7-15(19)10-13(12)9-14/h6-7,10,14H,8-9,11H2,1-5H3,(H,20,21). The quantitative estimate of drug-likeness (QED) is 0.853. The van der Waals surface area contributed by atoms with Crippen molar-refractivity contribution in [1.29, 1.82) is 0 Å². The predicted octanol–water partition coefficient (Wildman–Crippen LogP) is 4.49. The molecule has 1 aliphatic rings. The fraction of sp³-hybridized carbons (Fsp3) is 0.611. The molecule has 1 amide bonds. The molecule has 0 aliphatic heterocycles. The lowest BCUT2D eigenvalue weighted by atomic mass is 9.81. The number of carbonyl (C=O) groups is 1. The number of halogens is 1. The number of hydrogen-bond acceptors (Lipinski definition) is 1. The summed E-state index contributed by atoms with van der Waals surface area (Å²) in [5, 5.41) is 3.25. The van der Waals surface area contributed by atoms with Gasteiger partial charge in [-0.2, -0.15) is 0 Å². The number of nitrogens with one attached hydrogen (secondary N) is 1. The summed E-state index contributed by atoms with van der Waals surface area (Å²) in [6.07, 6.45) is 2.68. The molecule has 1 aliphatic carbocycles. The van der Waals surface area contributed by atoms with Crippen LogP contribution in [0.2, 0.25) is 0 Å². The van der Waals surface area contributed by atoms with Gasteiger partial charge in [-0.25, -0.2) is 0 Å². The smallest absolute Gasteiger partial charge is 0.224 e. The first-order valence-corrected chi connectivity index (χ1v) is 8.44. The normalized spacial score (nSPS) is 18.5. The largest absolute Gasteiger partial charge is 0.351 e. The van der Waals surface area contributed by atoms with Crippen molar-refractivity contribution in [3.63, 3.8) is 0 Å². The van der Waals surface area contributed by atoms with Crippen LogP contribution in [0.25, 0.3) is 0 Å². The summed E-state index contributed by atoms with van der Waals surface area (Å²) in [6.45, 7) is 10.9. The van der Waals surface area contributed by atoms with E-state index in [1.54, 1.807) is 0 Å². The molecule has 0 fully saturated rings. The van der Waals surface area contributed by atoms with Gasteiger partial charge < -0.3 is 5.32 Å². The van der Waals surface area contributed by atoms with E-state index in [0.29, 0.717) is 0 Å². The van der Waals surface area contributed by atoms with Crippen LogP contribution in [0.3, 0.4) is 0 Å². The Labute approximate surface area is 136 Å². The monoisotopic (exact) mass is 351 g/mol. The van der Waals surface area contributed by atoms with Crippen LogP contribution in [-0.4, -0.2) is 11.4 Å². The maximum atomic E-state index is 12.6. The van der Waals surface area contributed by atoms with Gasteiger partial charge >= 0.3 is 0 Å². The molecule has 0 bridgehead atoms. The Bertz CT molecular complexity index is 543. The summed E-state index contributed by atoms with van der Waals surface area (Å²) in [5.41, 5.74) is 2.66. The molecule has 2 nitrogen and oxygen atoms in total. The Morgan fingerprint density at radius 2 is 1.81 bits per heavy atom. The van der Waals surface area contributed by atoms with E-state index in [-0.39, 0.29) is 22.8 Å². The zero-order valence-electron chi connectivity index (χ0n) is 13.7. The molecule has 1 unspecified atom stereocenters. The minimum atomic E-state index is -0.162. The van der Waals surface area contributed by atoms with E-state index in [0.717, 1.165) is 23.7 Å². The van der Waals surface area contributed by atoms with Crippen molar-refractivity contribution < 1.29 is 4.79 Å². The number of amides is 1. The first-order valence-electron chi connectivity index (χ1n) is 7.65. The molecule has 1 aromatic rings. The lowest BCUT2D eigenvalue weighted by Gasteiger charge is -2.34. The third kappa shape index (κ3) is 4.57. The highest BCUT2D eigenvalue weighted by molar-refractivity contribution is 9.10. The molecule has 2 rings (SSSR count). The van der Waals surface area contributed by atoms with Gasteiger partial charge in [-0.3, -0.25) is 4.79 Å². The molecule has 1 N–H and O–H groups in total. The molecule has 0 radical (unpaired) electrons. The van der Waals surface area contributed by atoms with Crippen LogP contribution in [0.5, 0.6) is 0 Å². The molecule has 21 heavy (non-hydrogen) atoms. The van der Waals surface area contributed by atoms with Gasteiger partial charge in [0.2, 0.25) is 5.91 Å². The van der Waals surface area contributed by atoms with E-state index >= 15 is 0 Å². The fourth-order valence-corrected chi connectivity index (χ4v) is 3.99. The van der Waals surface area contributed by atoms with Crippen molar-refractivity contribution in [2.75, 3.05) is 0 Å². The second-order valence-electron chi connectivity index (χ2n) is 8.13. The highest BCUT2D eigenvalue weighted by atomic mass is 79.9. The van der Waals surface area contributed by atoms with E-state index < -0.39 is 0 Å². The molecule has 0 heterocycles. The summed E-state index contributed by atoms with van der Waals surface area (Å²) in [6, 6.07) is 6.33. The third-order valence-electron chi connectivity index (χ3n) is 3.91. The summed E-state index contributed by atoms with van der Waals surface area (Å²) in [4.78, 5) is 12.6. The topological polar surface area (TPSA) is 29.1 Å². The molecule has 1 aromatic carbocycles. The van der Waals surface area contributed by atoms with Gasteiger partial charge in [-0.05, 0) is 61.8 Å². The van der Waals surface area contributed by atoms with Gasteiger partial charge in [-0.15, -0.1) is 0 Å². The SMILES string of the molecule is CC(C)(C)CC(C)(C)NC(=O)C1Cc2ccc(Br)cc2C1. The summed E-state index contributed by atoms with van der Waals surface area (Å²) in [5.74, 6) is 0.269. The lowest BCUT2D eigenvalue weighted by Crippen LogP contribution is -2.48. The van der Waals surface area contributed by atoms with Crippen molar-refractivity contribution in [2.24, 2.45) is 11.3 Å². The number of rotatable bonds is 3. The molecule has 0 saturated carbocycles. The molecule has 0 saturated heterocycles. The lowest BCUT2D eigenvalue weighted by molar-refractivity contribution is -0.126. The van der Waals surface area contributed by atoms with Crippen LogP contribution in [0.15, 0.2) is 22.7 Å². The number of benzene rings is 1. The minimum Gasteiger partial charge on any atom is -0.351 e. The first-order chi connectivity index (χ1) is 9.56. The average molecular weight is 352 g/mol. The second-order valence-corrected chi connectivity index (χ2v) is 9.04. The highest BCUT2D eigenvalue weighted by Crippen LogP contribution is 2.31. The van der Waals surface area contributed by atoms with Gasteiger partial charge in [0.05, 0.1) is 0 Å². The van der Waals surface area contributed by atoms with E-state index in [2.05, 4.69) is 74.1 Å². The van der Waals surface area contributed by atoms with Crippen LogP contribution in [-0.2, 0) is 17.6 Å². The Hall–Kier alpha value is -0.830. The van der Waals surface area contributed by atoms with E-state index in [9.17, 15) is 4.79 Å². The van der Waals surface area contributed by atoms with Crippen molar-refractivity contribution in [2.45, 2.75) is 59.4 Å². The zero-order chi connectivity index (χ0) is 15.8. The summed E-state index contributed by atoms with van der Waals surface area (Å²) >= 11 is 3.50. The minimum absolute atomic E-state index is 0.0774. The summed E-state index contributed by atoms with van der Waals surface area (Å²) < 4.78 is 1.09. The Kier molecular flexibility index (Phi) is 4.53. The van der Waals surface area contributed by atoms with E-state index in [4.69, 9.17) is 0 Å². The maximum Gasteiger partial charge on any atom is 0.224 e. The first kappa shape index (κ1) is 16.5. The molecule has 3 heteroatoms. The zero-order valence-corrected chi connectivity index (χ0v) is 15.3. The Morgan fingerprint density at radius 1 is 1.19 bits per heavy atom. The molecule has 116 valence electrons. The van der Waals surface area contributed by atoms with Crippen molar-refractivity contribution >= 4 is 21.8 Å². The number of hydrogen-bond donors (Lipinski definition) is 1. The number of carbonyl (C=O) groups excluding carboxylic acids is 1. The predicted molar refractivity (Wildman–Crippen MR) is 91.3 cm³/mol. The van der Waals surface area contributed by atoms with Crippen LogP contribution in [0, 0.1) is 11.3 Å². The van der Waals surface area contributed by atoms with Gasteiger partial charge in [-0.1, -0.05) is 42.8 Å². The van der Waals surface area contributed by atoms with Gasteiger partial charge in [0.25, 0.3) is 0 Å². The molecule has 1 atom stereocenters. The van der Waals surface area contributed by atoms with Crippen molar-refractivity contribution in [3.05, 3.63) is 33.8 Å². The van der Waals surface area contributed by atoms with Crippen LogP contribution in [0.1, 0.15) is 52.2 Å². The molecule has 0 spiro atoms. The Balaban J connectivity index is 2.00. The van der Waals surface area contributed by atoms with Crippen molar-refractivity contribution in [3.8, 4) is 0 Å². The molecular formula is C18H26BrNO. The van der Waals surface area contributed by atoms with Gasteiger partial charge in [0.15, 0.2) is 0 Å². The van der Waals surface area contributed by atoms with Gasteiger partial charge in [0.1, 0.15) is 0 Å². The van der Waals surface area contributed by atoms with Crippen LogP contribution < -0.4 is 5.32 Å². The molecule has 0 aromatic heterocycles. The van der Waals surface area contributed by atoms with E-state index in [1.165, 1.54) is 11.1 Å². The average Bonchev–Trinajstić information content (AvgIpc) is 2.67. The number of fused-ring (bicyclic) bond motifs is 1. The third-order valence-corrected chi connectivity index (χ3v) is 4.40. The molecular weight excluding hydrogens is 326 g/mol. The maximum absolute atomic E-state index is 12.6. The van der Waals surface area contributed by atoms with Crippen molar-refractivity contribution in [1.82, 2.24) is 5.32 Å². The fourth-order valence-electron chi connectivity index (χ4n) is 3.58. The highest BCUT2D eigenvalue weighted by Gasteiger charge is 2.32. The second kappa shape index (κ2) is 5.75. The van der Waals surface area contributed by atoms with E-state index in [1.807, 2.05) is 0 Å². The Morgan fingerprint density at radius 3 is 2.43 bits per heavy atom.